The van der Waals surface area contributed by atoms with Crippen LogP contribution in [0.3, 0.4) is 0 Å². The molecule has 4 atom stereocenters. The van der Waals surface area contributed by atoms with E-state index in [1.807, 2.05) is 117 Å². The first-order valence-corrected chi connectivity index (χ1v) is 23.2. The molecule has 0 radical (unpaired) electrons. The normalized spacial score (nSPS) is 16.7. The number of halogens is 2. The molecule has 0 spiro atoms. The SMILES string of the molecule is Cc1nccc(-c2ccc(C[C@H](NC(=O)[C@@H]3Cc4cc5c(cc4CN3Cc3ccccn3)OC(c3ccc(OC(c4ccccc4)c4ccc(Cl)c(Cl)c4)cc3)CCN5C)C(=O)O)cc2)c1C. The molecular weight excluding hydrogens is 882 g/mol. The molecular formula is C55H51Cl2N5O5. The molecule has 0 bridgehead atoms. The first-order chi connectivity index (χ1) is 32.5. The van der Waals surface area contributed by atoms with Crippen LogP contribution in [-0.4, -0.2) is 57.5 Å². The van der Waals surface area contributed by atoms with Crippen LogP contribution >= 0.6 is 23.2 Å². The summed E-state index contributed by atoms with van der Waals surface area (Å²) < 4.78 is 13.5. The number of pyridine rings is 2. The number of anilines is 1. The molecule has 5 aromatic carbocycles. The molecule has 10 nitrogen and oxygen atoms in total. The summed E-state index contributed by atoms with van der Waals surface area (Å²) in [6.07, 6.45) is 4.17. The zero-order valence-corrected chi connectivity index (χ0v) is 39.0. The predicted molar refractivity (Wildman–Crippen MR) is 263 cm³/mol. The van der Waals surface area contributed by atoms with Gasteiger partial charge in [0.25, 0.3) is 0 Å². The largest absolute Gasteiger partial charge is 0.483 e. The van der Waals surface area contributed by atoms with Gasteiger partial charge in [0.05, 0.1) is 27.5 Å². The topological polar surface area (TPSA) is 117 Å². The van der Waals surface area contributed by atoms with Gasteiger partial charge in [0.15, 0.2) is 0 Å². The van der Waals surface area contributed by atoms with Crippen LogP contribution < -0.4 is 19.7 Å². The minimum atomic E-state index is -1.13. The van der Waals surface area contributed by atoms with Gasteiger partial charge in [-0.25, -0.2) is 4.79 Å². The molecule has 0 fully saturated rings. The van der Waals surface area contributed by atoms with Gasteiger partial charge in [-0.2, -0.15) is 0 Å². The van der Waals surface area contributed by atoms with Gasteiger partial charge in [-0.3, -0.25) is 19.7 Å². The van der Waals surface area contributed by atoms with Crippen molar-refractivity contribution < 1.29 is 24.2 Å². The Morgan fingerprint density at radius 3 is 2.34 bits per heavy atom. The van der Waals surface area contributed by atoms with E-state index >= 15 is 0 Å². The summed E-state index contributed by atoms with van der Waals surface area (Å²) in [5.41, 5.74) is 11.7. The summed E-state index contributed by atoms with van der Waals surface area (Å²) in [6, 6.07) is 41.7. The van der Waals surface area contributed by atoms with Crippen LogP contribution in [0.2, 0.25) is 10.0 Å². The number of carboxylic acids is 1. The quantitative estimate of drug-likeness (QED) is 0.117. The van der Waals surface area contributed by atoms with Crippen molar-refractivity contribution in [3.63, 3.8) is 0 Å². The van der Waals surface area contributed by atoms with Crippen molar-refractivity contribution in [1.29, 1.82) is 0 Å². The van der Waals surface area contributed by atoms with Gasteiger partial charge < -0.3 is 24.8 Å². The fraction of sp³-hybridized carbons (Fsp3) is 0.236. The number of nitrogens with zero attached hydrogens (tertiary/aromatic N) is 4. The Balaban J connectivity index is 0.932. The lowest BCUT2D eigenvalue weighted by Gasteiger charge is -2.37. The first kappa shape index (κ1) is 45.4. The molecule has 12 heteroatoms. The summed E-state index contributed by atoms with van der Waals surface area (Å²) in [5.74, 6) is 0.0316. The fourth-order valence-electron chi connectivity index (χ4n) is 9.06. The number of aryl methyl sites for hydroxylation is 1. The second-order valence-electron chi connectivity index (χ2n) is 17.4. The van der Waals surface area contributed by atoms with E-state index < -0.39 is 24.2 Å². The number of amides is 1. The first-order valence-electron chi connectivity index (χ1n) is 22.5. The van der Waals surface area contributed by atoms with Crippen molar-refractivity contribution in [2.24, 2.45) is 0 Å². The highest BCUT2D eigenvalue weighted by atomic mass is 35.5. The highest BCUT2D eigenvalue weighted by Crippen LogP contribution is 2.42. The summed E-state index contributed by atoms with van der Waals surface area (Å²) in [4.78, 5) is 40.4. The molecule has 4 heterocycles. The van der Waals surface area contributed by atoms with E-state index in [0.29, 0.717) is 35.3 Å². The molecule has 0 saturated heterocycles. The molecule has 2 unspecified atom stereocenters. The third-order valence-electron chi connectivity index (χ3n) is 12.9. The highest BCUT2D eigenvalue weighted by molar-refractivity contribution is 6.42. The molecule has 340 valence electrons. The minimum absolute atomic E-state index is 0.138. The molecule has 2 aliphatic heterocycles. The number of nitrogens with one attached hydrogen (secondary N) is 1. The number of rotatable bonds is 13. The van der Waals surface area contributed by atoms with Gasteiger partial charge in [0.1, 0.15) is 29.7 Å². The zero-order chi connectivity index (χ0) is 46.6. The van der Waals surface area contributed by atoms with Crippen molar-refractivity contribution in [2.75, 3.05) is 18.5 Å². The minimum Gasteiger partial charge on any atom is -0.483 e. The van der Waals surface area contributed by atoms with E-state index in [4.69, 9.17) is 32.7 Å². The van der Waals surface area contributed by atoms with Gasteiger partial charge >= 0.3 is 5.97 Å². The molecule has 2 aliphatic rings. The average molecular weight is 933 g/mol. The van der Waals surface area contributed by atoms with E-state index in [1.165, 1.54) is 0 Å². The van der Waals surface area contributed by atoms with Crippen molar-refractivity contribution >= 4 is 40.8 Å². The number of aliphatic carboxylic acids is 1. The highest BCUT2D eigenvalue weighted by Gasteiger charge is 2.36. The summed E-state index contributed by atoms with van der Waals surface area (Å²) in [6.45, 7) is 5.60. The number of carboxylic acid groups (broad SMARTS) is 1. The number of aromatic nitrogens is 2. The van der Waals surface area contributed by atoms with Gasteiger partial charge in [-0.15, -0.1) is 0 Å². The lowest BCUT2D eigenvalue weighted by atomic mass is 9.91. The van der Waals surface area contributed by atoms with Crippen LogP contribution in [0.25, 0.3) is 11.1 Å². The lowest BCUT2D eigenvalue weighted by molar-refractivity contribution is -0.142. The summed E-state index contributed by atoms with van der Waals surface area (Å²) in [7, 11) is 2.06. The van der Waals surface area contributed by atoms with Gasteiger partial charge in [0.2, 0.25) is 5.91 Å². The molecule has 2 aromatic heterocycles. The average Bonchev–Trinajstić information content (AvgIpc) is 3.50. The van der Waals surface area contributed by atoms with Crippen molar-refractivity contribution in [3.8, 4) is 22.6 Å². The Labute approximate surface area is 401 Å². The number of hydrogen-bond acceptors (Lipinski definition) is 8. The number of ether oxygens (including phenoxy) is 2. The number of carbonyl (C=O) groups is 2. The number of fused-ring (bicyclic) bond motifs is 2. The molecule has 67 heavy (non-hydrogen) atoms. The standard InChI is InChI=1S/C55H51Cl2N5O5/c1-34-35(2)58-25-22-45(34)37-14-12-36(13-15-37)27-48(55(64)65)60-54(63)50-30-41-29-49-52(31-42(41)32-62(50)33-43-11-7-8-24-59-43)67-51(23-26-61(49)3)38-16-19-44(20-17-38)66-53(39-9-5-4-6-10-39)40-18-21-46(56)47(57)28-40/h4-22,24-25,28-29,31,48,50-51,53H,23,26-27,30,32-33H2,1-3H3,(H,60,63)(H,64,65)/t48-,50-,51?,53?/m0/s1. The van der Waals surface area contributed by atoms with E-state index in [-0.39, 0.29) is 18.4 Å². The number of carbonyl (C=O) groups excluding carboxylic acids is 1. The number of hydrogen-bond donors (Lipinski definition) is 2. The van der Waals surface area contributed by atoms with E-state index in [9.17, 15) is 14.7 Å². The summed E-state index contributed by atoms with van der Waals surface area (Å²) >= 11 is 12.7. The van der Waals surface area contributed by atoms with Crippen LogP contribution in [-0.2, 0) is 35.5 Å². The Hall–Kier alpha value is -6.72. The second kappa shape index (κ2) is 20.0. The molecule has 0 saturated carbocycles. The lowest BCUT2D eigenvalue weighted by Crippen LogP contribution is -2.54. The monoisotopic (exact) mass is 931 g/mol. The van der Waals surface area contributed by atoms with E-state index in [0.717, 1.165) is 85.9 Å². The number of benzene rings is 5. The predicted octanol–water partition coefficient (Wildman–Crippen LogP) is 10.9. The van der Waals surface area contributed by atoms with Gasteiger partial charge in [-0.1, -0.05) is 102 Å². The Morgan fingerprint density at radius 1 is 0.836 bits per heavy atom. The fourth-order valence-corrected chi connectivity index (χ4v) is 9.37. The maximum Gasteiger partial charge on any atom is 0.326 e. The summed E-state index contributed by atoms with van der Waals surface area (Å²) in [5, 5.41) is 14.3. The molecule has 2 N–H and O–H groups in total. The Kier molecular flexibility index (Phi) is 13.6. The van der Waals surface area contributed by atoms with Crippen LogP contribution in [0.4, 0.5) is 5.69 Å². The van der Waals surface area contributed by atoms with Crippen molar-refractivity contribution in [3.05, 3.63) is 206 Å². The molecule has 0 aliphatic carbocycles. The second-order valence-corrected chi connectivity index (χ2v) is 18.2. The van der Waals surface area contributed by atoms with E-state index in [2.05, 4.69) is 56.4 Å². The van der Waals surface area contributed by atoms with Crippen molar-refractivity contribution in [2.45, 2.75) is 70.5 Å². The Bertz CT molecular complexity index is 2880. The van der Waals surface area contributed by atoms with Crippen LogP contribution in [0.15, 0.2) is 146 Å². The van der Waals surface area contributed by atoms with Crippen LogP contribution in [0.1, 0.15) is 69.0 Å². The van der Waals surface area contributed by atoms with Crippen LogP contribution in [0.5, 0.6) is 11.5 Å². The third kappa shape index (κ3) is 10.3. The van der Waals surface area contributed by atoms with Gasteiger partial charge in [0, 0.05) is 57.6 Å². The molecule has 7 aromatic rings. The third-order valence-corrected chi connectivity index (χ3v) is 13.7. The van der Waals surface area contributed by atoms with E-state index in [1.54, 1.807) is 18.5 Å². The zero-order valence-electron chi connectivity index (χ0n) is 37.5. The van der Waals surface area contributed by atoms with Crippen LogP contribution in [0, 0.1) is 13.8 Å². The maximum absolute atomic E-state index is 14.4. The smallest absolute Gasteiger partial charge is 0.326 e. The Morgan fingerprint density at radius 2 is 1.61 bits per heavy atom. The molecule has 9 rings (SSSR count). The van der Waals surface area contributed by atoms with Gasteiger partial charge in [-0.05, 0) is 125 Å². The molecule has 1 amide bonds. The van der Waals surface area contributed by atoms with Crippen molar-refractivity contribution in [1.82, 2.24) is 20.2 Å². The maximum atomic E-state index is 14.4.